The number of nitrogens with zero attached hydrogens (tertiary/aromatic N) is 3. The van der Waals surface area contributed by atoms with Gasteiger partial charge in [0, 0.05) is 5.69 Å². The lowest BCUT2D eigenvalue weighted by atomic mass is 10.3. The Kier molecular flexibility index (Phi) is 3.62. The molecule has 74 valence electrons. The normalized spacial score (nSPS) is 9.50. The summed E-state index contributed by atoms with van der Waals surface area (Å²) in [5.74, 6) is 0.770. The summed E-state index contributed by atoms with van der Waals surface area (Å²) in [4.78, 5) is 0. The second-order valence-electron chi connectivity index (χ2n) is 2.66. The Hall–Kier alpha value is -1.39. The minimum Gasteiger partial charge on any atom is -0.324 e. The summed E-state index contributed by atoms with van der Waals surface area (Å²) in [5.41, 5.74) is 6.54. The molecule has 0 amide bonds. The molecule has 2 N–H and O–H groups in total. The van der Waals surface area contributed by atoms with Crippen molar-refractivity contribution in [3.63, 3.8) is 0 Å². The van der Waals surface area contributed by atoms with Crippen LogP contribution in [0.4, 0.5) is 0 Å². The van der Waals surface area contributed by atoms with E-state index >= 15 is 0 Å². The number of hydrogen-bond acceptors (Lipinski definition) is 3. The molecule has 0 saturated carbocycles. The van der Waals surface area contributed by atoms with Crippen molar-refractivity contribution in [3.05, 3.63) is 42.5 Å². The third-order valence-electron chi connectivity index (χ3n) is 1.84. The molecule has 0 bridgehead atoms. The first-order chi connectivity index (χ1) is 6.42. The summed E-state index contributed by atoms with van der Waals surface area (Å²) in [6.45, 7) is 0.398. The predicted octanol–water partition coefficient (Wildman–Crippen LogP) is 1.15. The molecule has 5 heteroatoms. The van der Waals surface area contributed by atoms with E-state index in [0.29, 0.717) is 6.54 Å². The minimum atomic E-state index is 0. The highest BCUT2D eigenvalue weighted by molar-refractivity contribution is 5.85. The van der Waals surface area contributed by atoms with Gasteiger partial charge in [0.2, 0.25) is 0 Å². The number of hydrogen-bond donors (Lipinski definition) is 1. The van der Waals surface area contributed by atoms with Crippen LogP contribution in [0.3, 0.4) is 0 Å². The Morgan fingerprint density at radius 2 is 1.93 bits per heavy atom. The molecule has 0 aliphatic rings. The van der Waals surface area contributed by atoms with E-state index < -0.39 is 0 Å². The van der Waals surface area contributed by atoms with E-state index in [0.717, 1.165) is 11.5 Å². The molecule has 14 heavy (non-hydrogen) atoms. The smallest absolute Gasteiger partial charge is 0.151 e. The first-order valence-electron chi connectivity index (χ1n) is 4.06. The highest BCUT2D eigenvalue weighted by Gasteiger charge is 2.02. The predicted molar refractivity (Wildman–Crippen MR) is 56.5 cm³/mol. The molecule has 1 heterocycles. The van der Waals surface area contributed by atoms with Crippen LogP contribution in [0.25, 0.3) is 5.69 Å². The summed E-state index contributed by atoms with van der Waals surface area (Å²) in [7, 11) is 0. The van der Waals surface area contributed by atoms with E-state index in [1.165, 1.54) is 0 Å². The quantitative estimate of drug-likeness (QED) is 0.809. The maximum atomic E-state index is 5.51. The van der Waals surface area contributed by atoms with E-state index in [-0.39, 0.29) is 12.4 Å². The van der Waals surface area contributed by atoms with Crippen LogP contribution in [0.1, 0.15) is 5.82 Å². The van der Waals surface area contributed by atoms with Gasteiger partial charge in [-0.05, 0) is 12.1 Å². The van der Waals surface area contributed by atoms with Crippen LogP contribution in [0, 0.1) is 0 Å². The van der Waals surface area contributed by atoms with Crippen molar-refractivity contribution < 1.29 is 0 Å². The van der Waals surface area contributed by atoms with Crippen LogP contribution in [-0.2, 0) is 6.54 Å². The summed E-state index contributed by atoms with van der Waals surface area (Å²) >= 11 is 0. The van der Waals surface area contributed by atoms with Gasteiger partial charge in [-0.1, -0.05) is 18.2 Å². The first kappa shape index (κ1) is 10.7. The van der Waals surface area contributed by atoms with Crippen molar-refractivity contribution in [3.8, 4) is 5.69 Å². The Labute approximate surface area is 88.2 Å². The van der Waals surface area contributed by atoms with E-state index in [9.17, 15) is 0 Å². The minimum absolute atomic E-state index is 0. The van der Waals surface area contributed by atoms with Crippen LogP contribution in [-0.4, -0.2) is 14.8 Å². The van der Waals surface area contributed by atoms with Crippen LogP contribution in [0.15, 0.2) is 36.7 Å². The van der Waals surface area contributed by atoms with Gasteiger partial charge in [-0.3, -0.25) is 4.57 Å². The molecular formula is C9H11ClN4. The lowest BCUT2D eigenvalue weighted by Gasteiger charge is -2.03. The van der Waals surface area contributed by atoms with Crippen molar-refractivity contribution in [2.45, 2.75) is 6.54 Å². The number of nitrogens with two attached hydrogens (primary N) is 1. The molecule has 0 fully saturated rings. The van der Waals surface area contributed by atoms with E-state index in [1.807, 2.05) is 34.9 Å². The Bertz CT molecular complexity index is 385. The van der Waals surface area contributed by atoms with Gasteiger partial charge < -0.3 is 5.73 Å². The topological polar surface area (TPSA) is 56.7 Å². The van der Waals surface area contributed by atoms with Crippen molar-refractivity contribution in [1.82, 2.24) is 14.8 Å². The lowest BCUT2D eigenvalue weighted by Crippen LogP contribution is -2.05. The average molecular weight is 211 g/mol. The number of benzene rings is 1. The highest BCUT2D eigenvalue weighted by Crippen LogP contribution is 2.07. The fourth-order valence-corrected chi connectivity index (χ4v) is 1.20. The molecule has 2 rings (SSSR count). The number of halogens is 1. The van der Waals surface area contributed by atoms with Gasteiger partial charge in [0.1, 0.15) is 6.33 Å². The van der Waals surface area contributed by atoms with Crippen molar-refractivity contribution in [2.75, 3.05) is 0 Å². The van der Waals surface area contributed by atoms with Crippen molar-refractivity contribution >= 4 is 12.4 Å². The SMILES string of the molecule is Cl.NCc1nncn1-c1ccccc1. The maximum Gasteiger partial charge on any atom is 0.151 e. The molecule has 0 spiro atoms. The second-order valence-corrected chi connectivity index (χ2v) is 2.66. The second kappa shape index (κ2) is 4.74. The molecule has 0 unspecified atom stereocenters. The van der Waals surface area contributed by atoms with Crippen LogP contribution >= 0.6 is 12.4 Å². The molecule has 2 aromatic rings. The largest absolute Gasteiger partial charge is 0.324 e. The Morgan fingerprint density at radius 1 is 1.21 bits per heavy atom. The molecule has 0 saturated heterocycles. The van der Waals surface area contributed by atoms with Gasteiger partial charge >= 0.3 is 0 Å². The molecule has 1 aromatic heterocycles. The molecule has 0 atom stereocenters. The Morgan fingerprint density at radius 3 is 2.57 bits per heavy atom. The highest BCUT2D eigenvalue weighted by atomic mass is 35.5. The monoisotopic (exact) mass is 210 g/mol. The molecule has 0 aliphatic heterocycles. The fourth-order valence-electron chi connectivity index (χ4n) is 1.20. The van der Waals surface area contributed by atoms with E-state index in [2.05, 4.69) is 10.2 Å². The van der Waals surface area contributed by atoms with E-state index in [1.54, 1.807) is 6.33 Å². The lowest BCUT2D eigenvalue weighted by molar-refractivity contribution is 0.860. The van der Waals surface area contributed by atoms with Crippen LogP contribution < -0.4 is 5.73 Å². The zero-order chi connectivity index (χ0) is 9.10. The molecule has 0 radical (unpaired) electrons. The van der Waals surface area contributed by atoms with Crippen molar-refractivity contribution in [2.24, 2.45) is 5.73 Å². The first-order valence-corrected chi connectivity index (χ1v) is 4.06. The summed E-state index contributed by atoms with van der Waals surface area (Å²) in [6.07, 6.45) is 1.66. The summed E-state index contributed by atoms with van der Waals surface area (Å²) in [6, 6.07) is 9.88. The Balaban J connectivity index is 0.000000980. The van der Waals surface area contributed by atoms with Crippen molar-refractivity contribution in [1.29, 1.82) is 0 Å². The number of aromatic nitrogens is 3. The van der Waals surface area contributed by atoms with Crippen LogP contribution in [0.5, 0.6) is 0 Å². The average Bonchev–Trinajstić information content (AvgIpc) is 2.67. The van der Waals surface area contributed by atoms with Crippen LogP contribution in [0.2, 0.25) is 0 Å². The number of rotatable bonds is 2. The van der Waals surface area contributed by atoms with Gasteiger partial charge in [0.25, 0.3) is 0 Å². The summed E-state index contributed by atoms with van der Waals surface area (Å²) < 4.78 is 1.88. The molecule has 1 aromatic carbocycles. The van der Waals surface area contributed by atoms with Gasteiger partial charge in [0.15, 0.2) is 5.82 Å². The zero-order valence-electron chi connectivity index (χ0n) is 7.50. The zero-order valence-corrected chi connectivity index (χ0v) is 8.31. The molecule has 4 nitrogen and oxygen atoms in total. The molecular weight excluding hydrogens is 200 g/mol. The summed E-state index contributed by atoms with van der Waals surface area (Å²) in [5, 5.41) is 7.70. The maximum absolute atomic E-state index is 5.51. The van der Waals surface area contributed by atoms with Gasteiger partial charge in [-0.25, -0.2) is 0 Å². The standard InChI is InChI=1S/C9H10N4.ClH/c10-6-9-12-11-7-13(9)8-4-2-1-3-5-8;/h1-5,7H,6,10H2;1H. The third-order valence-corrected chi connectivity index (χ3v) is 1.84. The van der Waals surface area contributed by atoms with Gasteiger partial charge in [-0.15, -0.1) is 22.6 Å². The van der Waals surface area contributed by atoms with E-state index in [4.69, 9.17) is 5.73 Å². The number of para-hydroxylation sites is 1. The van der Waals surface area contributed by atoms with Gasteiger partial charge in [0.05, 0.1) is 6.54 Å². The fraction of sp³-hybridized carbons (Fsp3) is 0.111. The van der Waals surface area contributed by atoms with Gasteiger partial charge in [-0.2, -0.15) is 0 Å². The third kappa shape index (κ3) is 1.92. The molecule has 0 aliphatic carbocycles.